The number of nitrogens with zero attached hydrogens (tertiary/aromatic N) is 3. The smallest absolute Gasteiger partial charge is 0.274 e. The molecule has 1 aliphatic rings. The highest BCUT2D eigenvalue weighted by Crippen LogP contribution is 2.14. The summed E-state index contributed by atoms with van der Waals surface area (Å²) in [6, 6.07) is -0.336. The second-order valence-corrected chi connectivity index (χ2v) is 6.73. The second kappa shape index (κ2) is 5.12. The standard InChI is InChI=1S/C11H16N4O3S/c1-8-7-19(17,18)4-3-15(8)11(16)9-5-14-10(12-2)6-13-9/h5-6,8H,3-4,7H2,1-2H3,(H,12,14). The number of hydrogen-bond donors (Lipinski definition) is 1. The largest absolute Gasteiger partial charge is 0.372 e. The summed E-state index contributed by atoms with van der Waals surface area (Å²) >= 11 is 0. The molecule has 2 rings (SSSR count). The first kappa shape index (κ1) is 13.7. The number of anilines is 1. The maximum atomic E-state index is 12.2. The molecule has 1 fully saturated rings. The van der Waals surface area contributed by atoms with Gasteiger partial charge in [0.05, 0.1) is 23.9 Å². The monoisotopic (exact) mass is 284 g/mol. The Hall–Kier alpha value is -1.70. The lowest BCUT2D eigenvalue weighted by atomic mass is 10.2. The Morgan fingerprint density at radius 1 is 1.42 bits per heavy atom. The molecule has 7 nitrogen and oxygen atoms in total. The average molecular weight is 284 g/mol. The lowest BCUT2D eigenvalue weighted by Gasteiger charge is -2.32. The van der Waals surface area contributed by atoms with Crippen molar-refractivity contribution in [2.75, 3.05) is 30.4 Å². The Labute approximate surface area is 112 Å². The van der Waals surface area contributed by atoms with E-state index in [1.807, 2.05) is 0 Å². The van der Waals surface area contributed by atoms with Crippen molar-refractivity contribution in [3.63, 3.8) is 0 Å². The third kappa shape index (κ3) is 3.01. The van der Waals surface area contributed by atoms with Crippen molar-refractivity contribution in [2.24, 2.45) is 0 Å². The van der Waals surface area contributed by atoms with Crippen LogP contribution in [-0.4, -0.2) is 60.3 Å². The summed E-state index contributed by atoms with van der Waals surface area (Å²) in [7, 11) is -1.32. The van der Waals surface area contributed by atoms with Crippen molar-refractivity contribution in [1.82, 2.24) is 14.9 Å². The van der Waals surface area contributed by atoms with E-state index in [4.69, 9.17) is 0 Å². The molecule has 2 heterocycles. The molecule has 1 aromatic heterocycles. The molecule has 1 aromatic rings. The molecule has 19 heavy (non-hydrogen) atoms. The number of amides is 1. The van der Waals surface area contributed by atoms with Gasteiger partial charge in [0.2, 0.25) is 0 Å². The molecule has 0 bridgehead atoms. The topological polar surface area (TPSA) is 92.3 Å². The molecule has 0 aliphatic carbocycles. The molecule has 1 saturated heterocycles. The van der Waals surface area contributed by atoms with Gasteiger partial charge < -0.3 is 10.2 Å². The fourth-order valence-corrected chi connectivity index (χ4v) is 3.57. The molecule has 1 N–H and O–H groups in total. The van der Waals surface area contributed by atoms with Gasteiger partial charge in [0.15, 0.2) is 9.84 Å². The molecule has 104 valence electrons. The van der Waals surface area contributed by atoms with Gasteiger partial charge in [-0.2, -0.15) is 0 Å². The molecule has 0 aromatic carbocycles. The zero-order valence-corrected chi connectivity index (χ0v) is 11.6. The molecule has 0 radical (unpaired) electrons. The second-order valence-electron chi connectivity index (χ2n) is 4.50. The highest BCUT2D eigenvalue weighted by atomic mass is 32.2. The van der Waals surface area contributed by atoms with Crippen LogP contribution in [0.4, 0.5) is 5.82 Å². The molecular formula is C11H16N4O3S. The van der Waals surface area contributed by atoms with E-state index in [0.29, 0.717) is 5.82 Å². The number of hydrogen-bond acceptors (Lipinski definition) is 6. The third-order valence-corrected chi connectivity index (χ3v) is 4.85. The van der Waals surface area contributed by atoms with Gasteiger partial charge in [-0.25, -0.2) is 18.4 Å². The van der Waals surface area contributed by atoms with Gasteiger partial charge in [-0.05, 0) is 6.92 Å². The number of carbonyl (C=O) groups excluding carboxylic acids is 1. The fraction of sp³-hybridized carbons (Fsp3) is 0.545. The van der Waals surface area contributed by atoms with E-state index in [0.717, 1.165) is 0 Å². The first-order chi connectivity index (χ1) is 8.93. The van der Waals surface area contributed by atoms with Gasteiger partial charge in [0, 0.05) is 19.6 Å². The number of sulfone groups is 1. The van der Waals surface area contributed by atoms with Crippen LogP contribution >= 0.6 is 0 Å². The Bertz CT molecular complexity index is 570. The maximum Gasteiger partial charge on any atom is 0.274 e. The molecule has 0 spiro atoms. The molecule has 1 atom stereocenters. The Kier molecular flexibility index (Phi) is 3.70. The fourth-order valence-electron chi connectivity index (χ4n) is 2.02. The predicted molar refractivity (Wildman–Crippen MR) is 70.7 cm³/mol. The zero-order chi connectivity index (χ0) is 14.0. The van der Waals surface area contributed by atoms with E-state index in [1.54, 1.807) is 14.0 Å². The SMILES string of the molecule is CNc1cnc(C(=O)N2CCS(=O)(=O)CC2C)cn1. The molecule has 1 amide bonds. The van der Waals surface area contributed by atoms with Crippen LogP contribution in [0.1, 0.15) is 17.4 Å². The van der Waals surface area contributed by atoms with Gasteiger partial charge in [0.25, 0.3) is 5.91 Å². The van der Waals surface area contributed by atoms with E-state index in [2.05, 4.69) is 15.3 Å². The lowest BCUT2D eigenvalue weighted by molar-refractivity contribution is 0.0706. The number of nitrogens with one attached hydrogen (secondary N) is 1. The minimum atomic E-state index is -3.03. The first-order valence-electron chi connectivity index (χ1n) is 5.94. The van der Waals surface area contributed by atoms with Crippen LogP contribution < -0.4 is 5.32 Å². The predicted octanol–water partition coefficient (Wildman–Crippen LogP) is -0.223. The summed E-state index contributed by atoms with van der Waals surface area (Å²) in [6.45, 7) is 1.93. The van der Waals surface area contributed by atoms with Crippen molar-refractivity contribution in [3.05, 3.63) is 18.1 Å². The van der Waals surface area contributed by atoms with Crippen LogP contribution in [0.3, 0.4) is 0 Å². The van der Waals surface area contributed by atoms with Gasteiger partial charge in [-0.1, -0.05) is 0 Å². The summed E-state index contributed by atoms with van der Waals surface area (Å²) in [6.07, 6.45) is 2.86. The van der Waals surface area contributed by atoms with E-state index >= 15 is 0 Å². The van der Waals surface area contributed by atoms with Crippen molar-refractivity contribution in [1.29, 1.82) is 0 Å². The van der Waals surface area contributed by atoms with Gasteiger partial charge >= 0.3 is 0 Å². The molecule has 1 unspecified atom stereocenters. The van der Waals surface area contributed by atoms with E-state index < -0.39 is 9.84 Å². The minimum Gasteiger partial charge on any atom is -0.372 e. The van der Waals surface area contributed by atoms with Gasteiger partial charge in [0.1, 0.15) is 11.5 Å². The van der Waals surface area contributed by atoms with Gasteiger partial charge in [-0.3, -0.25) is 4.79 Å². The number of rotatable bonds is 2. The van der Waals surface area contributed by atoms with Crippen LogP contribution in [0.2, 0.25) is 0 Å². The molecule has 0 saturated carbocycles. The Balaban J connectivity index is 2.15. The Morgan fingerprint density at radius 3 is 2.68 bits per heavy atom. The number of aromatic nitrogens is 2. The van der Waals surface area contributed by atoms with Crippen LogP contribution in [0.15, 0.2) is 12.4 Å². The van der Waals surface area contributed by atoms with E-state index in [1.165, 1.54) is 17.3 Å². The molecule has 8 heteroatoms. The lowest BCUT2D eigenvalue weighted by Crippen LogP contribution is -2.49. The van der Waals surface area contributed by atoms with E-state index in [9.17, 15) is 13.2 Å². The zero-order valence-electron chi connectivity index (χ0n) is 10.8. The van der Waals surface area contributed by atoms with Crippen LogP contribution in [-0.2, 0) is 9.84 Å². The van der Waals surface area contributed by atoms with Crippen molar-refractivity contribution >= 4 is 21.6 Å². The highest BCUT2D eigenvalue weighted by molar-refractivity contribution is 7.91. The molecular weight excluding hydrogens is 268 g/mol. The summed E-state index contributed by atoms with van der Waals surface area (Å²) in [5, 5.41) is 2.81. The number of carbonyl (C=O) groups is 1. The van der Waals surface area contributed by atoms with Crippen LogP contribution in [0.25, 0.3) is 0 Å². The van der Waals surface area contributed by atoms with Crippen molar-refractivity contribution < 1.29 is 13.2 Å². The summed E-state index contributed by atoms with van der Waals surface area (Å²) in [5.74, 6) is 0.301. The summed E-state index contributed by atoms with van der Waals surface area (Å²) < 4.78 is 22.9. The molecule has 1 aliphatic heterocycles. The maximum absolute atomic E-state index is 12.2. The van der Waals surface area contributed by atoms with Crippen LogP contribution in [0.5, 0.6) is 0 Å². The third-order valence-electron chi connectivity index (χ3n) is 3.06. The minimum absolute atomic E-state index is 0.000762. The van der Waals surface area contributed by atoms with Gasteiger partial charge in [-0.15, -0.1) is 0 Å². The summed E-state index contributed by atoms with van der Waals surface area (Å²) in [5.41, 5.74) is 0.227. The first-order valence-corrected chi connectivity index (χ1v) is 7.76. The van der Waals surface area contributed by atoms with Crippen molar-refractivity contribution in [2.45, 2.75) is 13.0 Å². The van der Waals surface area contributed by atoms with Crippen LogP contribution in [0, 0.1) is 0 Å². The normalized spacial score (nSPS) is 22.0. The van der Waals surface area contributed by atoms with Crippen molar-refractivity contribution in [3.8, 4) is 0 Å². The quantitative estimate of drug-likeness (QED) is 0.807. The highest BCUT2D eigenvalue weighted by Gasteiger charge is 2.32. The average Bonchev–Trinajstić information content (AvgIpc) is 2.37. The Morgan fingerprint density at radius 2 is 2.16 bits per heavy atom. The van der Waals surface area contributed by atoms with E-state index in [-0.39, 0.29) is 35.7 Å². The summed E-state index contributed by atoms with van der Waals surface area (Å²) in [4.78, 5) is 21.8.